The molecule has 2 heterocycles. The maximum atomic E-state index is 12.2. The highest BCUT2D eigenvalue weighted by molar-refractivity contribution is 9.10. The Hall–Kier alpha value is -1.60. The Labute approximate surface area is 158 Å². The van der Waals surface area contributed by atoms with E-state index in [2.05, 4.69) is 26.1 Å². The number of nitrogens with zero attached hydrogens (tertiary/aromatic N) is 3. The maximum Gasteiger partial charge on any atom is 0.343 e. The molecule has 1 atom stereocenters. The monoisotopic (exact) mass is 424 g/mol. The highest BCUT2D eigenvalue weighted by Crippen LogP contribution is 2.33. The third-order valence-electron chi connectivity index (χ3n) is 4.90. The van der Waals surface area contributed by atoms with Gasteiger partial charge in [-0.2, -0.15) is 5.10 Å². The molecule has 1 saturated carbocycles. The van der Waals surface area contributed by atoms with E-state index in [9.17, 15) is 9.59 Å². The lowest BCUT2D eigenvalue weighted by Gasteiger charge is -2.16. The number of amides is 1. The van der Waals surface area contributed by atoms with Crippen LogP contribution >= 0.6 is 27.5 Å². The van der Waals surface area contributed by atoms with Gasteiger partial charge in [0.15, 0.2) is 5.82 Å². The number of benzene rings is 1. The van der Waals surface area contributed by atoms with Crippen LogP contribution in [0, 0.1) is 11.8 Å². The third-order valence-corrected chi connectivity index (χ3v) is 5.70. The number of hydrogen-bond acceptors (Lipinski definition) is 3. The van der Waals surface area contributed by atoms with E-state index in [1.54, 1.807) is 10.6 Å². The normalized spacial score (nSPS) is 20.2. The molecular weight excluding hydrogens is 408 g/mol. The number of hydrogen-bond donors (Lipinski definition) is 1. The fourth-order valence-electron chi connectivity index (χ4n) is 3.39. The highest BCUT2D eigenvalue weighted by atomic mass is 79.9. The molecule has 2 fully saturated rings. The van der Waals surface area contributed by atoms with Crippen molar-refractivity contribution in [2.75, 3.05) is 13.1 Å². The number of halogens is 2. The van der Waals surface area contributed by atoms with Crippen molar-refractivity contribution in [3.63, 3.8) is 0 Å². The summed E-state index contributed by atoms with van der Waals surface area (Å²) < 4.78 is 2.50. The van der Waals surface area contributed by atoms with Crippen LogP contribution < -0.4 is 5.69 Å². The van der Waals surface area contributed by atoms with Crippen LogP contribution in [-0.2, 0) is 11.3 Å². The van der Waals surface area contributed by atoms with Crippen LogP contribution in [0.5, 0.6) is 0 Å². The van der Waals surface area contributed by atoms with Crippen molar-refractivity contribution in [3.8, 4) is 11.4 Å². The van der Waals surface area contributed by atoms with Crippen LogP contribution in [0.4, 0.5) is 0 Å². The molecule has 8 heteroatoms. The summed E-state index contributed by atoms with van der Waals surface area (Å²) in [6.45, 7) is 2.02. The van der Waals surface area contributed by atoms with E-state index < -0.39 is 0 Å². The van der Waals surface area contributed by atoms with Gasteiger partial charge >= 0.3 is 5.69 Å². The van der Waals surface area contributed by atoms with Crippen molar-refractivity contribution >= 4 is 33.4 Å². The summed E-state index contributed by atoms with van der Waals surface area (Å²) >= 11 is 9.70. The van der Waals surface area contributed by atoms with Crippen LogP contribution in [0.1, 0.15) is 19.3 Å². The maximum absolute atomic E-state index is 12.2. The molecule has 1 N–H and O–H groups in total. The fraction of sp³-hybridized carbons (Fsp3) is 0.471. The summed E-state index contributed by atoms with van der Waals surface area (Å²) in [5.74, 6) is 1.31. The Morgan fingerprint density at radius 1 is 1.36 bits per heavy atom. The zero-order valence-corrected chi connectivity index (χ0v) is 15.9. The van der Waals surface area contributed by atoms with Gasteiger partial charge < -0.3 is 4.90 Å². The lowest BCUT2D eigenvalue weighted by molar-refractivity contribution is -0.131. The summed E-state index contributed by atoms with van der Waals surface area (Å²) in [6, 6.07) is 5.50. The van der Waals surface area contributed by atoms with E-state index in [-0.39, 0.29) is 23.4 Å². The topological polar surface area (TPSA) is 71.0 Å². The summed E-state index contributed by atoms with van der Waals surface area (Å²) in [7, 11) is 0. The number of H-pyrrole nitrogens is 1. The second kappa shape index (κ2) is 6.61. The minimum absolute atomic E-state index is 0.243. The molecule has 0 radical (unpaired) electrons. The number of nitrogens with one attached hydrogen (secondary N) is 1. The molecule has 2 aliphatic rings. The molecule has 1 aliphatic carbocycles. The lowest BCUT2D eigenvalue weighted by Crippen LogP contribution is -2.31. The van der Waals surface area contributed by atoms with E-state index >= 15 is 0 Å². The Morgan fingerprint density at radius 3 is 2.88 bits per heavy atom. The molecule has 0 unspecified atom stereocenters. The first-order valence-corrected chi connectivity index (χ1v) is 9.59. The van der Waals surface area contributed by atoms with Crippen molar-refractivity contribution in [1.82, 2.24) is 19.7 Å². The van der Waals surface area contributed by atoms with Gasteiger partial charge in [-0.25, -0.2) is 9.89 Å². The number of carbonyl (C=O) groups excluding carboxylic acids is 1. The van der Waals surface area contributed by atoms with Crippen LogP contribution in [0.2, 0.25) is 5.02 Å². The smallest absolute Gasteiger partial charge is 0.342 e. The molecule has 1 aromatic heterocycles. The van der Waals surface area contributed by atoms with Crippen molar-refractivity contribution in [2.24, 2.45) is 11.8 Å². The highest BCUT2D eigenvalue weighted by Gasteiger charge is 2.36. The molecule has 2 aromatic rings. The van der Waals surface area contributed by atoms with E-state index in [0.717, 1.165) is 30.3 Å². The van der Waals surface area contributed by atoms with Crippen molar-refractivity contribution in [2.45, 2.75) is 25.8 Å². The Kier molecular flexibility index (Phi) is 4.45. The van der Waals surface area contributed by atoms with Gasteiger partial charge in [-0.3, -0.25) is 9.36 Å². The number of rotatable bonds is 4. The van der Waals surface area contributed by atoms with Gasteiger partial charge in [0, 0.05) is 35.6 Å². The van der Waals surface area contributed by atoms with E-state index in [1.165, 1.54) is 0 Å². The van der Waals surface area contributed by atoms with Crippen LogP contribution in [0.15, 0.2) is 27.5 Å². The van der Waals surface area contributed by atoms with E-state index in [0.29, 0.717) is 29.5 Å². The summed E-state index contributed by atoms with van der Waals surface area (Å²) in [5.41, 5.74) is 0.466. The Balaban J connectivity index is 1.54. The van der Waals surface area contributed by atoms with Gasteiger partial charge in [0.1, 0.15) is 0 Å². The first-order chi connectivity index (χ1) is 12.0. The molecule has 132 valence electrons. The number of aromatic nitrogens is 3. The zero-order chi connectivity index (χ0) is 17.6. The van der Waals surface area contributed by atoms with E-state index in [1.807, 2.05) is 17.0 Å². The zero-order valence-electron chi connectivity index (χ0n) is 13.5. The van der Waals surface area contributed by atoms with Crippen molar-refractivity contribution < 1.29 is 4.79 Å². The minimum Gasteiger partial charge on any atom is -0.342 e. The molecule has 1 aliphatic heterocycles. The molecule has 0 bridgehead atoms. The van der Waals surface area contributed by atoms with Crippen molar-refractivity contribution in [1.29, 1.82) is 0 Å². The van der Waals surface area contributed by atoms with Crippen LogP contribution in [0.3, 0.4) is 0 Å². The molecule has 1 amide bonds. The Bertz CT molecular complexity index is 874. The summed E-state index contributed by atoms with van der Waals surface area (Å²) in [5, 5.41) is 7.21. The Morgan fingerprint density at radius 2 is 2.16 bits per heavy atom. The average molecular weight is 426 g/mol. The summed E-state index contributed by atoms with van der Waals surface area (Å²) in [6.07, 6.45) is 2.95. The van der Waals surface area contributed by atoms with Crippen LogP contribution in [-0.4, -0.2) is 38.7 Å². The SMILES string of the molecule is O=C(C1CC1)N1CC[C@@H](Cn2c(-c3ccc(Br)cc3Cl)n[nH]c2=O)C1. The molecule has 6 nitrogen and oxygen atoms in total. The fourth-order valence-corrected chi connectivity index (χ4v) is 4.15. The first-order valence-electron chi connectivity index (χ1n) is 8.42. The third kappa shape index (κ3) is 3.40. The molecule has 4 rings (SSSR count). The van der Waals surface area contributed by atoms with Gasteiger partial charge in [0.05, 0.1) is 5.02 Å². The standard InChI is InChI=1S/C17H18BrClN4O2/c18-12-3-4-13(14(19)7-12)15-20-21-17(25)23(15)9-10-5-6-22(8-10)16(24)11-1-2-11/h3-4,7,10-11H,1-2,5-6,8-9H2,(H,21,25)/t10-/m1/s1. The molecule has 1 aromatic carbocycles. The predicted octanol–water partition coefficient (Wildman–Crippen LogP) is 2.91. The van der Waals surface area contributed by atoms with Gasteiger partial charge in [0.2, 0.25) is 5.91 Å². The quantitative estimate of drug-likeness (QED) is 0.819. The lowest BCUT2D eigenvalue weighted by atomic mass is 10.1. The molecular formula is C17H18BrClN4O2. The van der Waals surface area contributed by atoms with Crippen LogP contribution in [0.25, 0.3) is 11.4 Å². The van der Waals surface area contributed by atoms with Gasteiger partial charge in [0.25, 0.3) is 0 Å². The summed E-state index contributed by atoms with van der Waals surface area (Å²) in [4.78, 5) is 26.4. The predicted molar refractivity (Wildman–Crippen MR) is 98.4 cm³/mol. The van der Waals surface area contributed by atoms with Gasteiger partial charge in [-0.15, -0.1) is 0 Å². The largest absolute Gasteiger partial charge is 0.343 e. The van der Waals surface area contributed by atoms with Gasteiger partial charge in [-0.1, -0.05) is 27.5 Å². The molecule has 1 saturated heterocycles. The average Bonchev–Trinajstić information content (AvgIpc) is 3.23. The second-order valence-electron chi connectivity index (χ2n) is 6.80. The first kappa shape index (κ1) is 16.8. The second-order valence-corrected chi connectivity index (χ2v) is 8.12. The number of likely N-dealkylation sites (tertiary alicyclic amines) is 1. The van der Waals surface area contributed by atoms with E-state index in [4.69, 9.17) is 11.6 Å². The molecule has 0 spiro atoms. The van der Waals surface area contributed by atoms with Gasteiger partial charge in [-0.05, 0) is 43.4 Å². The molecule has 25 heavy (non-hydrogen) atoms. The number of aromatic amines is 1. The number of carbonyl (C=O) groups is 1. The minimum atomic E-state index is -0.249. The van der Waals surface area contributed by atoms with Crippen molar-refractivity contribution in [3.05, 3.63) is 38.2 Å².